The maximum absolute atomic E-state index is 14.2. The number of benzene rings is 3. The smallest absolute Gasteiger partial charge is 0.352 e. The molecule has 3 aliphatic rings. The standard InChI is InChI=1S/C39H32N6O6S2/c1-2-29(46)30-23(18-19-41-30)20-24-21-52-36-32(35(48)45(36)33(24)37(49)50)43-34(47)31(28-22-53-38(40)42-28)44-51-39(25-12-6-3-7-13-25,26-14-8-4-9-15-26)27-16-10-5-11-17-27/h1,3-17,20,22,30,32,36,41H,18-19,21H2,(H2,40,42)(H,43,47)(H,49,50)/b23-20+,44-31-/t30?,32-,36-/m1/s1. The largest absolute Gasteiger partial charge is 0.477 e. The number of aromatic nitrogens is 1. The summed E-state index contributed by atoms with van der Waals surface area (Å²) < 4.78 is 0. The number of thiazole rings is 1. The monoisotopic (exact) mass is 744 g/mol. The lowest BCUT2D eigenvalue weighted by molar-refractivity contribution is -0.150. The Morgan fingerprint density at radius 3 is 2.17 bits per heavy atom. The van der Waals surface area contributed by atoms with Crippen LogP contribution in [0.15, 0.2) is 124 Å². The number of carboxylic acid groups (broad SMARTS) is 1. The molecule has 12 nitrogen and oxygen atoms in total. The third kappa shape index (κ3) is 6.62. The number of aliphatic carboxylic acids is 1. The molecule has 4 aromatic rings. The molecule has 14 heteroatoms. The van der Waals surface area contributed by atoms with E-state index in [1.165, 1.54) is 11.8 Å². The van der Waals surface area contributed by atoms with E-state index < -0.39 is 46.6 Å². The highest BCUT2D eigenvalue weighted by atomic mass is 32.2. The zero-order chi connectivity index (χ0) is 37.1. The summed E-state index contributed by atoms with van der Waals surface area (Å²) in [4.78, 5) is 64.7. The third-order valence-corrected chi connectivity index (χ3v) is 11.2. The van der Waals surface area contributed by atoms with E-state index in [4.69, 9.17) is 17.0 Å². The van der Waals surface area contributed by atoms with Crippen LogP contribution in [-0.2, 0) is 29.6 Å². The minimum absolute atomic E-state index is 0.134. The van der Waals surface area contributed by atoms with Crippen molar-refractivity contribution in [2.45, 2.75) is 29.5 Å². The molecule has 5 N–H and O–H groups in total. The number of ketones is 1. The van der Waals surface area contributed by atoms with Gasteiger partial charge in [-0.15, -0.1) is 29.5 Å². The number of anilines is 1. The van der Waals surface area contributed by atoms with Gasteiger partial charge in [0.05, 0.1) is 0 Å². The number of fused-ring (bicyclic) bond motifs is 1. The van der Waals surface area contributed by atoms with E-state index in [2.05, 4.69) is 26.7 Å². The number of allylic oxidation sites excluding steroid dienone is 1. The highest BCUT2D eigenvalue weighted by molar-refractivity contribution is 8.00. The average molecular weight is 745 g/mol. The summed E-state index contributed by atoms with van der Waals surface area (Å²) in [7, 11) is 0. The van der Waals surface area contributed by atoms with Crippen LogP contribution in [0.2, 0.25) is 0 Å². The maximum Gasteiger partial charge on any atom is 0.352 e. The quantitative estimate of drug-likeness (QED) is 0.0443. The Balaban J connectivity index is 1.22. The summed E-state index contributed by atoms with van der Waals surface area (Å²) in [6.45, 7) is 0.507. The van der Waals surface area contributed by atoms with E-state index in [1.807, 2.05) is 91.0 Å². The molecule has 4 heterocycles. The molecule has 2 fully saturated rings. The topological polar surface area (TPSA) is 176 Å². The van der Waals surface area contributed by atoms with Gasteiger partial charge in [-0.2, -0.15) is 0 Å². The van der Waals surface area contributed by atoms with Gasteiger partial charge in [-0.3, -0.25) is 19.3 Å². The molecule has 3 atom stereocenters. The Morgan fingerprint density at radius 1 is 1.04 bits per heavy atom. The molecule has 3 aliphatic heterocycles. The number of terminal acetylenes is 1. The van der Waals surface area contributed by atoms with Crippen LogP contribution in [0, 0.1) is 12.3 Å². The van der Waals surface area contributed by atoms with Crippen molar-refractivity contribution >= 4 is 57.5 Å². The number of carbonyl (C=O) groups excluding carboxylic acids is 3. The van der Waals surface area contributed by atoms with Gasteiger partial charge in [-0.05, 0) is 30.0 Å². The number of carbonyl (C=O) groups is 4. The van der Waals surface area contributed by atoms with Crippen molar-refractivity contribution in [1.29, 1.82) is 0 Å². The molecule has 1 unspecified atom stereocenters. The molecule has 0 bridgehead atoms. The van der Waals surface area contributed by atoms with Gasteiger partial charge in [0, 0.05) is 27.8 Å². The second kappa shape index (κ2) is 14.9. The van der Waals surface area contributed by atoms with Crippen LogP contribution in [0.3, 0.4) is 0 Å². The number of nitrogens with one attached hydrogen (secondary N) is 2. The van der Waals surface area contributed by atoms with Crippen LogP contribution in [0.1, 0.15) is 28.8 Å². The fourth-order valence-corrected chi connectivity index (χ4v) is 8.57. The Labute approximate surface area is 312 Å². The van der Waals surface area contributed by atoms with Crippen molar-refractivity contribution < 1.29 is 29.1 Å². The van der Waals surface area contributed by atoms with Gasteiger partial charge in [-0.1, -0.05) is 102 Å². The molecular weight excluding hydrogens is 713 g/mol. The number of nitrogens with two attached hydrogens (primary N) is 1. The van der Waals surface area contributed by atoms with Crippen molar-refractivity contribution in [2.24, 2.45) is 5.16 Å². The van der Waals surface area contributed by atoms with E-state index in [1.54, 1.807) is 11.5 Å². The van der Waals surface area contributed by atoms with Crippen LogP contribution in [0.5, 0.6) is 0 Å². The number of Topliss-reactive ketones (excluding diaryl/α,β-unsaturated/α-hetero) is 1. The molecule has 3 aromatic carbocycles. The van der Waals surface area contributed by atoms with E-state index >= 15 is 0 Å². The van der Waals surface area contributed by atoms with Crippen molar-refractivity contribution in [2.75, 3.05) is 18.0 Å². The van der Waals surface area contributed by atoms with Gasteiger partial charge >= 0.3 is 5.97 Å². The molecule has 0 spiro atoms. The van der Waals surface area contributed by atoms with Crippen molar-refractivity contribution in [3.05, 3.63) is 142 Å². The number of hydrogen-bond donors (Lipinski definition) is 4. The number of nitrogen functional groups attached to an aromatic ring is 1. The first-order chi connectivity index (χ1) is 25.7. The number of oxime groups is 1. The highest BCUT2D eigenvalue weighted by Gasteiger charge is 2.54. The second-order valence-corrected chi connectivity index (χ2v) is 14.3. The number of carboxylic acids is 1. The molecule has 2 saturated heterocycles. The summed E-state index contributed by atoms with van der Waals surface area (Å²) in [5.41, 5.74) is 7.61. The molecule has 0 aliphatic carbocycles. The molecule has 2 amide bonds. The SMILES string of the molecule is C#CC(=O)C1NCC/C1=C\C1=C(C(=O)O)N2C(=O)[C@@H](NC(=O)/C(=N\OC(c3ccccc3)(c3ccccc3)c3ccccc3)c3csc(N)n3)[C@H]2SC1. The summed E-state index contributed by atoms with van der Waals surface area (Å²) in [5, 5.41) is 21.6. The fraction of sp³-hybridized carbons (Fsp3) is 0.179. The molecule has 266 valence electrons. The van der Waals surface area contributed by atoms with E-state index in [0.717, 1.165) is 32.9 Å². The normalized spacial score (nSPS) is 20.7. The van der Waals surface area contributed by atoms with Gasteiger partial charge < -0.3 is 26.3 Å². The summed E-state index contributed by atoms with van der Waals surface area (Å²) in [6.07, 6.45) is 7.47. The number of β-lactam (4-membered cyclic amide) rings is 1. The zero-order valence-corrected chi connectivity index (χ0v) is 29.6. The molecule has 0 saturated carbocycles. The second-order valence-electron chi connectivity index (χ2n) is 12.3. The van der Waals surface area contributed by atoms with Crippen LogP contribution in [0.4, 0.5) is 5.13 Å². The Kier molecular flexibility index (Phi) is 9.96. The molecule has 53 heavy (non-hydrogen) atoms. The lowest BCUT2D eigenvalue weighted by atomic mass is 9.80. The molecule has 7 rings (SSSR count). The number of thioether (sulfide) groups is 1. The lowest BCUT2D eigenvalue weighted by Gasteiger charge is -2.49. The van der Waals surface area contributed by atoms with Crippen LogP contribution < -0.4 is 16.4 Å². The predicted molar refractivity (Wildman–Crippen MR) is 201 cm³/mol. The van der Waals surface area contributed by atoms with E-state index in [-0.39, 0.29) is 28.0 Å². The molecule has 0 radical (unpaired) electrons. The van der Waals surface area contributed by atoms with Gasteiger partial charge in [0.2, 0.25) is 11.4 Å². The van der Waals surface area contributed by atoms with Crippen molar-refractivity contribution in [1.82, 2.24) is 20.5 Å². The van der Waals surface area contributed by atoms with Crippen LogP contribution in [-0.4, -0.2) is 74.0 Å². The Morgan fingerprint density at radius 2 is 1.64 bits per heavy atom. The van der Waals surface area contributed by atoms with Gasteiger partial charge in [0.15, 0.2) is 10.8 Å². The first-order valence-electron chi connectivity index (χ1n) is 16.5. The van der Waals surface area contributed by atoms with Crippen molar-refractivity contribution in [3.63, 3.8) is 0 Å². The van der Waals surface area contributed by atoms with Gasteiger partial charge in [0.1, 0.15) is 28.8 Å². The minimum atomic E-state index is -1.32. The van der Waals surface area contributed by atoms with Crippen molar-refractivity contribution in [3.8, 4) is 12.3 Å². The number of hydrogen-bond acceptors (Lipinski definition) is 11. The third-order valence-electron chi connectivity index (χ3n) is 9.18. The van der Waals surface area contributed by atoms with Crippen LogP contribution in [0.25, 0.3) is 0 Å². The predicted octanol–water partition coefficient (Wildman–Crippen LogP) is 3.67. The van der Waals surface area contributed by atoms with E-state index in [0.29, 0.717) is 24.1 Å². The summed E-state index contributed by atoms with van der Waals surface area (Å²) >= 11 is 2.40. The molecule has 1 aromatic heterocycles. The Hall–Kier alpha value is -6.01. The first kappa shape index (κ1) is 35.4. The minimum Gasteiger partial charge on any atom is -0.477 e. The highest BCUT2D eigenvalue weighted by Crippen LogP contribution is 2.43. The summed E-state index contributed by atoms with van der Waals surface area (Å²) in [6, 6.07) is 26.6. The maximum atomic E-state index is 14.2. The molecular formula is C39H32N6O6S2. The lowest BCUT2D eigenvalue weighted by Crippen LogP contribution is -2.71. The summed E-state index contributed by atoms with van der Waals surface area (Å²) in [5.74, 6) is -0.812. The van der Waals surface area contributed by atoms with Gasteiger partial charge in [-0.25, -0.2) is 9.78 Å². The Bertz CT molecular complexity index is 2120. The average Bonchev–Trinajstić information content (AvgIpc) is 3.84. The number of nitrogens with zero attached hydrogens (tertiary/aromatic N) is 3. The zero-order valence-electron chi connectivity index (χ0n) is 28.0. The van der Waals surface area contributed by atoms with Crippen LogP contribution >= 0.6 is 23.1 Å². The van der Waals surface area contributed by atoms with E-state index in [9.17, 15) is 24.3 Å². The number of amides is 2. The number of rotatable bonds is 11. The van der Waals surface area contributed by atoms with Gasteiger partial charge in [0.25, 0.3) is 11.8 Å². The first-order valence-corrected chi connectivity index (χ1v) is 18.5. The fourth-order valence-electron chi connectivity index (χ4n) is 6.72.